The lowest BCUT2D eigenvalue weighted by Gasteiger charge is -2.06. The van der Waals surface area contributed by atoms with Gasteiger partial charge in [0.1, 0.15) is 6.54 Å². The van der Waals surface area contributed by atoms with Crippen molar-refractivity contribution in [3.8, 4) is 0 Å². The number of nitrogens with one attached hydrogen (secondary N) is 1. The molecule has 0 aliphatic rings. The smallest absolute Gasteiger partial charge is 0.321 e. The van der Waals surface area contributed by atoms with Crippen LogP contribution in [0.4, 0.5) is 13.2 Å². The van der Waals surface area contributed by atoms with Crippen LogP contribution in [0.15, 0.2) is 60.0 Å². The molecule has 1 aromatic heterocycles. The van der Waals surface area contributed by atoms with E-state index in [1.165, 1.54) is 18.3 Å². The first kappa shape index (κ1) is 16.7. The van der Waals surface area contributed by atoms with Crippen molar-refractivity contribution in [1.82, 2.24) is 15.0 Å². The van der Waals surface area contributed by atoms with Crippen molar-refractivity contribution in [3.63, 3.8) is 0 Å². The fourth-order valence-corrected chi connectivity index (χ4v) is 2.26. The van der Waals surface area contributed by atoms with E-state index in [0.29, 0.717) is 5.56 Å². The third-order valence-corrected chi connectivity index (χ3v) is 3.48. The summed E-state index contributed by atoms with van der Waals surface area (Å²) in [5.74, 6) is -0.369. The highest BCUT2D eigenvalue weighted by Gasteiger charge is 2.29. The summed E-state index contributed by atoms with van der Waals surface area (Å²) in [6.07, 6.45) is -1.54. The van der Waals surface area contributed by atoms with Gasteiger partial charge >= 0.3 is 6.18 Å². The predicted octanol–water partition coefficient (Wildman–Crippen LogP) is 3.21. The van der Waals surface area contributed by atoms with Gasteiger partial charge in [-0.05, 0) is 29.8 Å². The molecule has 0 saturated carbocycles. The zero-order valence-corrected chi connectivity index (χ0v) is 12.9. The van der Waals surface area contributed by atoms with E-state index in [1.807, 2.05) is 24.3 Å². The van der Waals surface area contributed by atoms with Gasteiger partial charge in [-0.25, -0.2) is 10.4 Å². The van der Waals surface area contributed by atoms with Crippen molar-refractivity contribution >= 4 is 23.2 Å². The van der Waals surface area contributed by atoms with Gasteiger partial charge in [-0.15, -0.1) is 0 Å². The van der Waals surface area contributed by atoms with Gasteiger partial charge in [0.2, 0.25) is 0 Å². The first-order valence-corrected chi connectivity index (χ1v) is 7.32. The lowest BCUT2D eigenvalue weighted by molar-refractivity contribution is -0.137. The molecule has 1 amide bonds. The number of halogens is 3. The zero-order chi connectivity index (χ0) is 17.9. The van der Waals surface area contributed by atoms with E-state index in [1.54, 1.807) is 10.9 Å². The van der Waals surface area contributed by atoms with Crippen molar-refractivity contribution < 1.29 is 18.0 Å². The number of amides is 1. The van der Waals surface area contributed by atoms with Crippen molar-refractivity contribution in [2.75, 3.05) is 0 Å². The van der Waals surface area contributed by atoms with Crippen LogP contribution in [-0.2, 0) is 17.5 Å². The second-order valence-corrected chi connectivity index (χ2v) is 5.27. The molecule has 0 radical (unpaired) electrons. The summed E-state index contributed by atoms with van der Waals surface area (Å²) in [4.78, 5) is 16.1. The number of rotatable bonds is 4. The molecule has 2 aromatic carbocycles. The van der Waals surface area contributed by atoms with E-state index in [-0.39, 0.29) is 12.5 Å². The number of aromatic nitrogens is 2. The third kappa shape index (κ3) is 4.03. The average Bonchev–Trinajstić information content (AvgIpc) is 2.98. The van der Waals surface area contributed by atoms with Crippen LogP contribution in [0.1, 0.15) is 11.1 Å². The molecule has 0 aliphatic carbocycles. The van der Waals surface area contributed by atoms with Crippen LogP contribution in [0, 0.1) is 0 Å². The van der Waals surface area contributed by atoms with Crippen LogP contribution in [-0.4, -0.2) is 21.7 Å². The molecule has 3 aromatic rings. The van der Waals surface area contributed by atoms with E-state index in [4.69, 9.17) is 0 Å². The summed E-state index contributed by atoms with van der Waals surface area (Å²) in [5, 5.41) is 3.75. The van der Waals surface area contributed by atoms with Gasteiger partial charge in [0, 0.05) is 0 Å². The van der Waals surface area contributed by atoms with Gasteiger partial charge in [-0.3, -0.25) is 4.79 Å². The van der Waals surface area contributed by atoms with Crippen LogP contribution < -0.4 is 5.43 Å². The second kappa shape index (κ2) is 6.76. The maximum absolute atomic E-state index is 12.5. The van der Waals surface area contributed by atoms with E-state index < -0.39 is 11.7 Å². The average molecular weight is 346 g/mol. The lowest BCUT2D eigenvalue weighted by atomic mass is 10.1. The molecule has 5 nitrogen and oxygen atoms in total. The topological polar surface area (TPSA) is 59.3 Å². The maximum atomic E-state index is 12.5. The molecule has 0 unspecified atom stereocenters. The molecule has 3 rings (SSSR count). The van der Waals surface area contributed by atoms with Gasteiger partial charge in [0.05, 0.1) is 29.1 Å². The minimum atomic E-state index is -4.38. The highest BCUT2D eigenvalue weighted by molar-refractivity contribution is 5.83. The number of nitrogens with zero attached hydrogens (tertiary/aromatic N) is 3. The molecule has 0 bridgehead atoms. The number of para-hydroxylation sites is 2. The van der Waals surface area contributed by atoms with Crippen molar-refractivity contribution in [3.05, 3.63) is 66.0 Å². The predicted molar refractivity (Wildman–Crippen MR) is 86.9 cm³/mol. The maximum Gasteiger partial charge on any atom is 0.416 e. The molecular formula is C17H13F3N4O. The van der Waals surface area contributed by atoms with Crippen molar-refractivity contribution in [2.24, 2.45) is 5.10 Å². The fraction of sp³-hybridized carbons (Fsp3) is 0.118. The third-order valence-electron chi connectivity index (χ3n) is 3.48. The Morgan fingerprint density at radius 3 is 2.60 bits per heavy atom. The Hall–Kier alpha value is -3.16. The van der Waals surface area contributed by atoms with E-state index in [2.05, 4.69) is 15.5 Å². The van der Waals surface area contributed by atoms with Gasteiger partial charge in [-0.1, -0.05) is 24.3 Å². The largest absolute Gasteiger partial charge is 0.416 e. The van der Waals surface area contributed by atoms with Gasteiger partial charge in [0.15, 0.2) is 0 Å². The summed E-state index contributed by atoms with van der Waals surface area (Å²) in [6.45, 7) is 0.0326. The SMILES string of the molecule is O=C(Cn1cnc2ccccc21)N/N=C/c1ccc(C(F)(F)F)cc1. The monoisotopic (exact) mass is 346 g/mol. The number of imidazole rings is 1. The summed E-state index contributed by atoms with van der Waals surface area (Å²) in [5.41, 5.74) is 3.65. The number of alkyl halides is 3. The minimum absolute atomic E-state index is 0.0326. The number of fused-ring (bicyclic) bond motifs is 1. The Balaban J connectivity index is 1.59. The molecule has 8 heteroatoms. The van der Waals surface area contributed by atoms with Crippen molar-refractivity contribution in [1.29, 1.82) is 0 Å². The Kier molecular flexibility index (Phi) is 4.51. The summed E-state index contributed by atoms with van der Waals surface area (Å²) < 4.78 is 39.1. The second-order valence-electron chi connectivity index (χ2n) is 5.27. The summed E-state index contributed by atoms with van der Waals surface area (Å²) in [7, 11) is 0. The Morgan fingerprint density at radius 2 is 1.88 bits per heavy atom. The van der Waals surface area contributed by atoms with Crippen LogP contribution in [0.25, 0.3) is 11.0 Å². The molecule has 0 fully saturated rings. The van der Waals surface area contributed by atoms with Crippen LogP contribution in [0.3, 0.4) is 0 Å². The van der Waals surface area contributed by atoms with Crippen LogP contribution >= 0.6 is 0 Å². The lowest BCUT2D eigenvalue weighted by Crippen LogP contribution is -2.22. The standard InChI is InChI=1S/C17H13F3N4O/c18-17(19,20)13-7-5-12(6-8-13)9-22-23-16(25)10-24-11-21-14-3-1-2-4-15(14)24/h1-9,11H,10H2,(H,23,25)/b22-9+. The fourth-order valence-electron chi connectivity index (χ4n) is 2.26. The molecule has 0 aliphatic heterocycles. The Labute approximate surface area is 140 Å². The Bertz CT molecular complexity index is 914. The summed E-state index contributed by atoms with van der Waals surface area (Å²) in [6, 6.07) is 11.9. The first-order chi connectivity index (χ1) is 11.9. The van der Waals surface area contributed by atoms with Gasteiger partial charge < -0.3 is 4.57 Å². The highest BCUT2D eigenvalue weighted by Crippen LogP contribution is 2.28. The summed E-state index contributed by atoms with van der Waals surface area (Å²) >= 11 is 0. The van der Waals surface area contributed by atoms with Crippen molar-refractivity contribution in [2.45, 2.75) is 12.7 Å². The number of carbonyl (C=O) groups is 1. The molecule has 1 heterocycles. The van der Waals surface area contributed by atoms with Crippen LogP contribution in [0.2, 0.25) is 0 Å². The van der Waals surface area contributed by atoms with E-state index in [9.17, 15) is 18.0 Å². The molecule has 0 atom stereocenters. The molecular weight excluding hydrogens is 333 g/mol. The molecule has 0 saturated heterocycles. The van der Waals surface area contributed by atoms with Gasteiger partial charge in [0.25, 0.3) is 5.91 Å². The zero-order valence-electron chi connectivity index (χ0n) is 12.9. The number of carbonyl (C=O) groups excluding carboxylic acids is 1. The Morgan fingerprint density at radius 1 is 1.16 bits per heavy atom. The molecule has 0 spiro atoms. The van der Waals surface area contributed by atoms with E-state index in [0.717, 1.165) is 23.2 Å². The molecule has 25 heavy (non-hydrogen) atoms. The highest BCUT2D eigenvalue weighted by atomic mass is 19.4. The molecule has 1 N–H and O–H groups in total. The number of hydrazone groups is 1. The number of benzene rings is 2. The number of hydrogen-bond acceptors (Lipinski definition) is 3. The minimum Gasteiger partial charge on any atom is -0.321 e. The normalized spacial score (nSPS) is 12.0. The number of hydrogen-bond donors (Lipinski definition) is 1. The first-order valence-electron chi connectivity index (χ1n) is 7.32. The van der Waals surface area contributed by atoms with E-state index >= 15 is 0 Å². The van der Waals surface area contributed by atoms with Gasteiger partial charge in [-0.2, -0.15) is 18.3 Å². The van der Waals surface area contributed by atoms with Crippen LogP contribution in [0.5, 0.6) is 0 Å². The quantitative estimate of drug-likeness (QED) is 0.583. The molecule has 128 valence electrons.